The molecule has 1 aromatic rings. The van der Waals surface area contributed by atoms with E-state index in [1.54, 1.807) is 0 Å². The van der Waals surface area contributed by atoms with E-state index in [1.807, 2.05) is 17.9 Å². The summed E-state index contributed by atoms with van der Waals surface area (Å²) in [5, 5.41) is 19.7. The minimum Gasteiger partial charge on any atom is -0.477 e. The van der Waals surface area contributed by atoms with Gasteiger partial charge in [-0.05, 0) is 102 Å². The van der Waals surface area contributed by atoms with Gasteiger partial charge in [0.2, 0.25) is 5.91 Å². The summed E-state index contributed by atoms with van der Waals surface area (Å²) < 4.78 is 0. The van der Waals surface area contributed by atoms with Crippen molar-refractivity contribution in [2.24, 2.45) is 17.3 Å². The second kappa shape index (κ2) is 10.0. The van der Waals surface area contributed by atoms with Crippen LogP contribution < -0.4 is 4.90 Å². The molecule has 0 atom stereocenters. The number of hydrogen-bond donors (Lipinski definition) is 1. The zero-order chi connectivity index (χ0) is 23.6. The van der Waals surface area contributed by atoms with Crippen molar-refractivity contribution in [1.82, 2.24) is 0 Å². The van der Waals surface area contributed by atoms with E-state index in [0.717, 1.165) is 75.5 Å². The fourth-order valence-corrected chi connectivity index (χ4v) is 6.80. The molecule has 1 heterocycles. The highest BCUT2D eigenvalue weighted by Gasteiger charge is 2.40. The van der Waals surface area contributed by atoms with Crippen molar-refractivity contribution < 1.29 is 14.7 Å². The van der Waals surface area contributed by atoms with E-state index in [-0.39, 0.29) is 28.2 Å². The summed E-state index contributed by atoms with van der Waals surface area (Å²) in [6.07, 6.45) is 13.4. The number of carboxylic acids is 1. The van der Waals surface area contributed by atoms with Crippen molar-refractivity contribution in [1.29, 1.82) is 5.26 Å². The number of rotatable bonds is 5. The molecule has 6 heteroatoms. The fraction of sp³-hybridized carbons (Fsp3) is 0.667. The van der Waals surface area contributed by atoms with Crippen LogP contribution in [0.15, 0.2) is 12.1 Å². The number of hydrogen-bond acceptors (Lipinski definition) is 4. The van der Waals surface area contributed by atoms with Gasteiger partial charge in [-0.2, -0.15) is 5.26 Å². The summed E-state index contributed by atoms with van der Waals surface area (Å²) in [4.78, 5) is 29.4. The van der Waals surface area contributed by atoms with E-state index >= 15 is 0 Å². The maximum absolute atomic E-state index is 14.0. The van der Waals surface area contributed by atoms with Crippen LogP contribution in [0, 0.1) is 28.6 Å². The molecule has 5 nitrogen and oxygen atoms in total. The Balaban J connectivity index is 1.70. The fourth-order valence-electron chi connectivity index (χ4n) is 5.74. The number of carbonyl (C=O) groups is 2. The van der Waals surface area contributed by atoms with Gasteiger partial charge in [0.25, 0.3) is 0 Å². The van der Waals surface area contributed by atoms with Crippen LogP contribution in [0.3, 0.4) is 0 Å². The minimum atomic E-state index is -0.953. The van der Waals surface area contributed by atoms with Crippen LogP contribution in [-0.2, 0) is 4.79 Å². The van der Waals surface area contributed by atoms with E-state index in [2.05, 4.69) is 19.1 Å². The molecule has 0 saturated heterocycles. The molecule has 0 aromatic carbocycles. The van der Waals surface area contributed by atoms with Gasteiger partial charge >= 0.3 is 5.97 Å². The summed E-state index contributed by atoms with van der Waals surface area (Å²) in [6.45, 7) is 4.24. The Kier molecular flexibility index (Phi) is 7.28. The van der Waals surface area contributed by atoms with Crippen LogP contribution in [-0.4, -0.2) is 23.0 Å². The van der Waals surface area contributed by atoms with Gasteiger partial charge in [0, 0.05) is 16.8 Å². The normalized spacial score (nSPS) is 30.2. The lowest BCUT2D eigenvalue weighted by atomic mass is 9.74. The number of anilines is 1. The van der Waals surface area contributed by atoms with Crippen molar-refractivity contribution in [2.45, 2.75) is 96.9 Å². The summed E-state index contributed by atoms with van der Waals surface area (Å²) >= 11 is 1.32. The highest BCUT2D eigenvalue weighted by molar-refractivity contribution is 7.15. The van der Waals surface area contributed by atoms with Crippen LogP contribution in [0.2, 0.25) is 0 Å². The van der Waals surface area contributed by atoms with Gasteiger partial charge in [-0.25, -0.2) is 4.79 Å². The molecule has 178 valence electrons. The number of allylic oxidation sites excluding steroid dienone is 2. The monoisotopic (exact) mass is 468 g/mol. The molecule has 3 aliphatic carbocycles. The van der Waals surface area contributed by atoms with Gasteiger partial charge in [-0.3, -0.25) is 4.79 Å². The summed E-state index contributed by atoms with van der Waals surface area (Å²) in [7, 11) is 0. The van der Waals surface area contributed by atoms with Crippen LogP contribution in [0.25, 0.3) is 5.57 Å². The molecule has 0 radical (unpaired) electrons. The Morgan fingerprint density at radius 2 is 1.85 bits per heavy atom. The van der Waals surface area contributed by atoms with Crippen LogP contribution in [0.1, 0.15) is 105 Å². The number of carbonyl (C=O) groups excluding carboxylic acids is 1. The van der Waals surface area contributed by atoms with E-state index in [4.69, 9.17) is 0 Å². The minimum absolute atomic E-state index is 0.0376. The molecule has 0 spiro atoms. The van der Waals surface area contributed by atoms with Crippen LogP contribution in [0.4, 0.5) is 5.69 Å². The van der Waals surface area contributed by atoms with E-state index in [1.165, 1.54) is 23.3 Å². The SMILES string of the molecule is C[C@H]1CC[C@H](C(=O)N(c2cc(C3=CCCCC3)sc2C(=O)O)[C@H]2CC[C@@](C)(C#N)CC2)CC1. The molecule has 1 N–H and O–H groups in total. The van der Waals surface area contributed by atoms with E-state index < -0.39 is 5.97 Å². The van der Waals surface area contributed by atoms with Crippen molar-refractivity contribution in [3.63, 3.8) is 0 Å². The average molecular weight is 469 g/mol. The Bertz CT molecular complexity index is 957. The topological polar surface area (TPSA) is 81.4 Å². The molecule has 33 heavy (non-hydrogen) atoms. The molecule has 1 aromatic heterocycles. The number of thiophene rings is 1. The smallest absolute Gasteiger partial charge is 0.348 e. The van der Waals surface area contributed by atoms with Gasteiger partial charge in [0.15, 0.2) is 0 Å². The Labute approximate surface area is 201 Å². The quantitative estimate of drug-likeness (QED) is 0.503. The standard InChI is InChI=1S/C27H36N2O3S/c1-18-8-10-20(11-9-18)25(30)29(21-12-14-27(2,17-28)15-13-21)22-16-23(33-24(22)26(31)32)19-6-4-3-5-7-19/h6,16,18,20-21H,3-5,7-15H2,1-2H3,(H,31,32)/t18-,20-,21-,27+. The molecular weight excluding hydrogens is 432 g/mol. The second-order valence-corrected chi connectivity index (χ2v) is 11.7. The summed E-state index contributed by atoms with van der Waals surface area (Å²) in [6, 6.07) is 4.39. The highest BCUT2D eigenvalue weighted by atomic mass is 32.1. The van der Waals surface area contributed by atoms with E-state index in [0.29, 0.717) is 11.6 Å². The number of carboxylic acid groups (broad SMARTS) is 1. The number of amides is 1. The highest BCUT2D eigenvalue weighted by Crippen LogP contribution is 2.44. The lowest BCUT2D eigenvalue weighted by molar-refractivity contribution is -0.124. The first kappa shape index (κ1) is 24.0. The Hall–Kier alpha value is -2.13. The second-order valence-electron chi connectivity index (χ2n) is 10.7. The van der Waals surface area contributed by atoms with Crippen molar-refractivity contribution in [3.8, 4) is 6.07 Å². The molecule has 2 saturated carbocycles. The molecule has 2 fully saturated rings. The van der Waals surface area contributed by atoms with Gasteiger partial charge in [-0.15, -0.1) is 11.3 Å². The predicted molar refractivity (Wildman–Crippen MR) is 132 cm³/mol. The first-order valence-corrected chi connectivity index (χ1v) is 13.4. The zero-order valence-corrected chi connectivity index (χ0v) is 20.8. The first-order valence-electron chi connectivity index (χ1n) is 12.6. The van der Waals surface area contributed by atoms with Crippen molar-refractivity contribution >= 4 is 34.5 Å². The molecule has 4 rings (SSSR count). The van der Waals surface area contributed by atoms with E-state index in [9.17, 15) is 20.0 Å². The average Bonchev–Trinajstić information content (AvgIpc) is 3.27. The lowest BCUT2D eigenvalue weighted by Crippen LogP contribution is -2.47. The maximum atomic E-state index is 14.0. The third kappa shape index (κ3) is 5.19. The van der Waals surface area contributed by atoms with Crippen LogP contribution in [0.5, 0.6) is 0 Å². The Morgan fingerprint density at radius 3 is 2.42 bits per heavy atom. The first-order chi connectivity index (χ1) is 15.8. The molecule has 0 aliphatic heterocycles. The lowest BCUT2D eigenvalue weighted by Gasteiger charge is -2.41. The molecule has 0 unspecified atom stereocenters. The number of nitriles is 1. The number of nitrogens with zero attached hydrogens (tertiary/aromatic N) is 2. The molecule has 1 amide bonds. The molecular formula is C27H36N2O3S. The third-order valence-corrected chi connectivity index (χ3v) is 9.26. The summed E-state index contributed by atoms with van der Waals surface area (Å²) in [5.41, 5.74) is 1.45. The molecule has 3 aliphatic rings. The zero-order valence-electron chi connectivity index (χ0n) is 19.9. The van der Waals surface area contributed by atoms with Gasteiger partial charge < -0.3 is 10.0 Å². The largest absolute Gasteiger partial charge is 0.477 e. The van der Waals surface area contributed by atoms with Crippen LogP contribution >= 0.6 is 11.3 Å². The third-order valence-electron chi connectivity index (χ3n) is 8.07. The molecule has 0 bridgehead atoms. The number of aromatic carboxylic acids is 1. The van der Waals surface area contributed by atoms with Gasteiger partial charge in [0.05, 0.1) is 17.2 Å². The maximum Gasteiger partial charge on any atom is 0.348 e. The van der Waals surface area contributed by atoms with Crippen molar-refractivity contribution in [3.05, 3.63) is 21.9 Å². The van der Waals surface area contributed by atoms with Gasteiger partial charge in [-0.1, -0.05) is 13.0 Å². The Morgan fingerprint density at radius 1 is 1.15 bits per heavy atom. The summed E-state index contributed by atoms with van der Waals surface area (Å²) in [5.74, 6) is -0.249. The predicted octanol–water partition coefficient (Wildman–Crippen LogP) is 7.04. The van der Waals surface area contributed by atoms with Gasteiger partial charge in [0.1, 0.15) is 4.88 Å². The van der Waals surface area contributed by atoms with Crippen molar-refractivity contribution in [2.75, 3.05) is 4.90 Å².